The minimum Gasteiger partial charge on any atom is -0.497 e. The molecule has 3 nitrogen and oxygen atoms in total. The van der Waals surface area contributed by atoms with Gasteiger partial charge in [-0.15, -0.1) is 0 Å². The van der Waals surface area contributed by atoms with Gasteiger partial charge in [0.1, 0.15) is 5.75 Å². The van der Waals surface area contributed by atoms with Gasteiger partial charge in [-0.05, 0) is 41.3 Å². The van der Waals surface area contributed by atoms with Gasteiger partial charge in [-0.1, -0.05) is 54.6 Å². The van der Waals surface area contributed by atoms with Crippen molar-refractivity contribution in [3.05, 3.63) is 77.4 Å². The summed E-state index contributed by atoms with van der Waals surface area (Å²) >= 11 is 0. The Morgan fingerprint density at radius 1 is 0.920 bits per heavy atom. The van der Waals surface area contributed by atoms with Crippen molar-refractivity contribution < 1.29 is 14.3 Å². The van der Waals surface area contributed by atoms with E-state index in [1.54, 1.807) is 14.2 Å². The highest BCUT2D eigenvalue weighted by molar-refractivity contribution is 5.98. The van der Waals surface area contributed by atoms with Crippen molar-refractivity contribution in [1.82, 2.24) is 0 Å². The summed E-state index contributed by atoms with van der Waals surface area (Å²) in [6.45, 7) is 0. The topological polar surface area (TPSA) is 35.5 Å². The smallest absolute Gasteiger partial charge is 0.173 e. The molecule has 1 unspecified atom stereocenters. The fourth-order valence-electron chi connectivity index (χ4n) is 3.17. The molecule has 0 N–H and O–H groups in total. The molecule has 0 bridgehead atoms. The van der Waals surface area contributed by atoms with Gasteiger partial charge in [-0.2, -0.15) is 0 Å². The number of ketones is 1. The van der Waals surface area contributed by atoms with Crippen molar-refractivity contribution in [2.24, 2.45) is 0 Å². The molecule has 2 aromatic rings. The second-order valence-electron chi connectivity index (χ2n) is 6.05. The summed E-state index contributed by atoms with van der Waals surface area (Å²) in [6, 6.07) is 17.7. The molecule has 25 heavy (non-hydrogen) atoms. The quantitative estimate of drug-likeness (QED) is 0.805. The van der Waals surface area contributed by atoms with E-state index in [0.717, 1.165) is 22.4 Å². The maximum Gasteiger partial charge on any atom is 0.173 e. The molecule has 0 aromatic heterocycles. The largest absolute Gasteiger partial charge is 0.497 e. The Hall–Kier alpha value is -2.65. The van der Waals surface area contributed by atoms with Crippen LogP contribution in [0.25, 0.3) is 12.2 Å². The van der Waals surface area contributed by atoms with Crippen LogP contribution >= 0.6 is 0 Å². The highest BCUT2D eigenvalue weighted by atomic mass is 16.5. The summed E-state index contributed by atoms with van der Waals surface area (Å²) in [6.07, 6.45) is 7.09. The minimum atomic E-state index is -0.976. The molecule has 0 saturated heterocycles. The van der Waals surface area contributed by atoms with Gasteiger partial charge in [0.2, 0.25) is 0 Å². The lowest BCUT2D eigenvalue weighted by Gasteiger charge is -2.24. The van der Waals surface area contributed by atoms with Crippen LogP contribution in [0.2, 0.25) is 0 Å². The molecule has 0 radical (unpaired) electrons. The summed E-state index contributed by atoms with van der Waals surface area (Å²) in [5.41, 5.74) is 2.09. The average molecular weight is 334 g/mol. The average Bonchev–Trinajstić information content (AvgIpc) is 2.97. The van der Waals surface area contributed by atoms with Crippen molar-refractivity contribution in [2.75, 3.05) is 14.2 Å². The van der Waals surface area contributed by atoms with E-state index in [4.69, 9.17) is 9.47 Å². The number of benzene rings is 2. The molecule has 3 rings (SSSR count). The van der Waals surface area contributed by atoms with Crippen LogP contribution in [0.3, 0.4) is 0 Å². The Balaban J connectivity index is 1.93. The molecule has 0 heterocycles. The third-order valence-corrected chi connectivity index (χ3v) is 4.60. The predicted octanol–water partition coefficient (Wildman–Crippen LogP) is 4.54. The highest BCUT2D eigenvalue weighted by Crippen LogP contribution is 2.38. The number of rotatable bonds is 5. The Labute approximate surface area is 148 Å². The molecular formula is C22H22O3. The molecule has 0 spiro atoms. The monoisotopic (exact) mass is 334 g/mol. The van der Waals surface area contributed by atoms with E-state index in [9.17, 15) is 4.79 Å². The Kier molecular flexibility index (Phi) is 5.15. The summed E-state index contributed by atoms with van der Waals surface area (Å²) in [4.78, 5) is 12.6. The molecule has 1 aliphatic rings. The Morgan fingerprint density at radius 3 is 2.28 bits per heavy atom. The Bertz CT molecular complexity index is 788. The van der Waals surface area contributed by atoms with Gasteiger partial charge >= 0.3 is 0 Å². The van der Waals surface area contributed by atoms with Crippen molar-refractivity contribution in [3.8, 4) is 5.75 Å². The first-order chi connectivity index (χ1) is 12.2. The normalized spacial score (nSPS) is 22.0. The highest BCUT2D eigenvalue weighted by Gasteiger charge is 2.44. The number of Topliss-reactive ketones (excluding diaryl/α,β-unsaturated/α-hetero) is 1. The van der Waals surface area contributed by atoms with Gasteiger partial charge in [0.05, 0.1) is 7.11 Å². The van der Waals surface area contributed by atoms with E-state index in [-0.39, 0.29) is 5.78 Å². The van der Waals surface area contributed by atoms with Crippen LogP contribution in [0.4, 0.5) is 0 Å². The van der Waals surface area contributed by atoms with Gasteiger partial charge in [0.15, 0.2) is 11.4 Å². The molecule has 3 heteroatoms. The lowest BCUT2D eigenvalue weighted by Crippen LogP contribution is -2.35. The fourth-order valence-corrected chi connectivity index (χ4v) is 3.17. The first kappa shape index (κ1) is 17.2. The van der Waals surface area contributed by atoms with Crippen molar-refractivity contribution in [1.29, 1.82) is 0 Å². The van der Waals surface area contributed by atoms with Crippen LogP contribution in [-0.2, 0) is 9.53 Å². The zero-order valence-electron chi connectivity index (χ0n) is 14.6. The molecule has 1 atom stereocenters. The maximum absolute atomic E-state index is 12.6. The number of hydrogen-bond donors (Lipinski definition) is 0. The molecule has 1 aliphatic carbocycles. The van der Waals surface area contributed by atoms with E-state index in [1.807, 2.05) is 66.7 Å². The number of carbonyl (C=O) groups excluding carboxylic acids is 1. The molecule has 1 fully saturated rings. The second-order valence-corrected chi connectivity index (χ2v) is 6.05. The summed E-state index contributed by atoms with van der Waals surface area (Å²) in [5, 5.41) is 0. The van der Waals surface area contributed by atoms with Crippen LogP contribution < -0.4 is 4.74 Å². The summed E-state index contributed by atoms with van der Waals surface area (Å²) in [5.74, 6) is 0.905. The zero-order chi connectivity index (χ0) is 17.7. The van der Waals surface area contributed by atoms with Crippen LogP contribution in [0.15, 0.2) is 66.2 Å². The van der Waals surface area contributed by atoms with Crippen molar-refractivity contribution in [2.45, 2.75) is 18.4 Å². The van der Waals surface area contributed by atoms with E-state index >= 15 is 0 Å². The SMILES string of the molecule is COc1ccc(/C=C/C2(OC)C(=O)CC/C2=C/c2ccccc2)cc1. The summed E-state index contributed by atoms with van der Waals surface area (Å²) < 4.78 is 10.9. The van der Waals surface area contributed by atoms with Crippen LogP contribution in [0.5, 0.6) is 5.75 Å². The zero-order valence-corrected chi connectivity index (χ0v) is 14.6. The number of carbonyl (C=O) groups is 1. The Morgan fingerprint density at radius 2 is 1.64 bits per heavy atom. The lowest BCUT2D eigenvalue weighted by atomic mass is 9.92. The first-order valence-corrected chi connectivity index (χ1v) is 8.36. The molecule has 0 aliphatic heterocycles. The molecule has 1 saturated carbocycles. The second kappa shape index (κ2) is 7.49. The van der Waals surface area contributed by atoms with Gasteiger partial charge in [0.25, 0.3) is 0 Å². The van der Waals surface area contributed by atoms with Crippen LogP contribution in [0.1, 0.15) is 24.0 Å². The van der Waals surface area contributed by atoms with Gasteiger partial charge in [0, 0.05) is 13.5 Å². The first-order valence-electron chi connectivity index (χ1n) is 8.36. The van der Waals surface area contributed by atoms with E-state index in [0.29, 0.717) is 12.8 Å². The third-order valence-electron chi connectivity index (χ3n) is 4.60. The minimum absolute atomic E-state index is 0.0990. The maximum atomic E-state index is 12.6. The van der Waals surface area contributed by atoms with Gasteiger partial charge < -0.3 is 9.47 Å². The predicted molar refractivity (Wildman–Crippen MR) is 100 cm³/mol. The number of hydrogen-bond acceptors (Lipinski definition) is 3. The number of methoxy groups -OCH3 is 2. The van der Waals surface area contributed by atoms with Gasteiger partial charge in [-0.3, -0.25) is 4.79 Å². The van der Waals surface area contributed by atoms with E-state index in [1.165, 1.54) is 0 Å². The molecule has 128 valence electrons. The van der Waals surface area contributed by atoms with E-state index < -0.39 is 5.60 Å². The molecular weight excluding hydrogens is 312 g/mol. The molecule has 2 aromatic carbocycles. The van der Waals surface area contributed by atoms with Crippen LogP contribution in [-0.4, -0.2) is 25.6 Å². The van der Waals surface area contributed by atoms with E-state index in [2.05, 4.69) is 6.08 Å². The summed E-state index contributed by atoms with van der Waals surface area (Å²) in [7, 11) is 3.24. The number of ether oxygens (including phenoxy) is 2. The fraction of sp³-hybridized carbons (Fsp3) is 0.227. The standard InChI is InChI=1S/C22H22O3/c1-24-20-11-8-17(9-12-20)14-15-22(25-2)19(10-13-21(22)23)16-18-6-4-3-5-7-18/h3-9,11-12,14-16H,10,13H2,1-2H3/b15-14+,19-16-. The third kappa shape index (κ3) is 3.57. The van der Waals surface area contributed by atoms with Crippen molar-refractivity contribution in [3.63, 3.8) is 0 Å². The van der Waals surface area contributed by atoms with Crippen LogP contribution in [0, 0.1) is 0 Å². The van der Waals surface area contributed by atoms with Gasteiger partial charge in [-0.25, -0.2) is 0 Å². The van der Waals surface area contributed by atoms with Crippen molar-refractivity contribution >= 4 is 17.9 Å². The lowest BCUT2D eigenvalue weighted by molar-refractivity contribution is -0.129. The molecule has 0 amide bonds.